The molecule has 0 heterocycles. The van der Waals surface area contributed by atoms with E-state index in [1.54, 1.807) is 20.8 Å². The molecule has 1 aliphatic carbocycles. The lowest BCUT2D eigenvalue weighted by Crippen LogP contribution is -2.61. The topological polar surface area (TPSA) is 117 Å². The molecule has 0 unspecified atom stereocenters. The van der Waals surface area contributed by atoms with E-state index >= 15 is 0 Å². The molecule has 0 aromatic heterocycles. The number of nitrogens with two attached hydrogens (primary N) is 1. The highest BCUT2D eigenvalue weighted by Crippen LogP contribution is 2.28. The molecule has 1 saturated carbocycles. The average molecular weight is 306 g/mol. The summed E-state index contributed by atoms with van der Waals surface area (Å²) < 4.78 is 29.6. The van der Waals surface area contributed by atoms with Gasteiger partial charge in [-0.2, -0.15) is 17.9 Å². The first kappa shape index (κ1) is 17.2. The molecule has 8 heteroatoms. The number of amidine groups is 1. The van der Waals surface area contributed by atoms with Crippen molar-refractivity contribution < 1.29 is 13.6 Å². The van der Waals surface area contributed by atoms with Gasteiger partial charge in [-0.3, -0.25) is 0 Å². The molecule has 0 amide bonds. The molecule has 0 aromatic carbocycles. The van der Waals surface area contributed by atoms with Gasteiger partial charge in [0.15, 0.2) is 5.84 Å². The minimum absolute atomic E-state index is 0.0707. The van der Waals surface area contributed by atoms with Crippen LogP contribution in [0, 0.1) is 0 Å². The van der Waals surface area contributed by atoms with E-state index in [-0.39, 0.29) is 5.84 Å². The maximum atomic E-state index is 12.2. The van der Waals surface area contributed by atoms with Gasteiger partial charge in [0.1, 0.15) is 0 Å². The molecule has 20 heavy (non-hydrogen) atoms. The molecule has 0 bridgehead atoms. The van der Waals surface area contributed by atoms with Crippen molar-refractivity contribution in [1.29, 1.82) is 0 Å². The lowest BCUT2D eigenvalue weighted by Gasteiger charge is -2.33. The van der Waals surface area contributed by atoms with Gasteiger partial charge in [0.25, 0.3) is 10.2 Å². The highest BCUT2D eigenvalue weighted by molar-refractivity contribution is 7.87. The van der Waals surface area contributed by atoms with Crippen molar-refractivity contribution in [3.05, 3.63) is 0 Å². The molecule has 0 radical (unpaired) electrons. The molecule has 0 atom stereocenters. The van der Waals surface area contributed by atoms with Crippen LogP contribution in [0.3, 0.4) is 0 Å². The van der Waals surface area contributed by atoms with Crippen molar-refractivity contribution >= 4 is 16.0 Å². The van der Waals surface area contributed by atoms with Gasteiger partial charge in [0.05, 0.1) is 5.54 Å². The van der Waals surface area contributed by atoms with Crippen molar-refractivity contribution in [2.75, 3.05) is 0 Å². The average Bonchev–Trinajstić information content (AvgIpc) is 2.50. The fourth-order valence-corrected chi connectivity index (χ4v) is 4.20. The second-order valence-corrected chi connectivity index (χ2v) is 7.85. The fraction of sp³-hybridized carbons (Fsp3) is 0.917. The van der Waals surface area contributed by atoms with Crippen LogP contribution >= 0.6 is 0 Å². The Hall–Kier alpha value is -0.860. The second-order valence-electron chi connectivity index (χ2n) is 6.44. The maximum Gasteiger partial charge on any atom is 0.278 e. The van der Waals surface area contributed by atoms with Crippen LogP contribution in [0.4, 0.5) is 0 Å². The zero-order valence-corrected chi connectivity index (χ0v) is 13.3. The predicted octanol–water partition coefficient (Wildman–Crippen LogP) is 1.05. The molecule has 7 nitrogen and oxygen atoms in total. The smallest absolute Gasteiger partial charge is 0.278 e. The lowest BCUT2D eigenvalue weighted by atomic mass is 9.90. The standard InChI is InChI=1S/C12H26N4O3S/c1-11(2,3)15-20(18,19)16-12(10(13)14-17)8-6-4-5-7-9-12/h15-17H,4-9H2,1-3H3,(H2,13,14). The van der Waals surface area contributed by atoms with Crippen LogP contribution < -0.4 is 15.2 Å². The molecule has 1 aliphatic rings. The van der Waals surface area contributed by atoms with E-state index in [1.807, 2.05) is 0 Å². The van der Waals surface area contributed by atoms with E-state index in [0.29, 0.717) is 12.8 Å². The van der Waals surface area contributed by atoms with Crippen molar-refractivity contribution in [2.24, 2.45) is 10.9 Å². The first-order valence-electron chi connectivity index (χ1n) is 6.91. The van der Waals surface area contributed by atoms with Gasteiger partial charge in [-0.05, 0) is 33.6 Å². The third kappa shape index (κ3) is 4.92. The van der Waals surface area contributed by atoms with E-state index in [4.69, 9.17) is 10.9 Å². The van der Waals surface area contributed by atoms with Gasteiger partial charge in [-0.25, -0.2) is 0 Å². The zero-order valence-electron chi connectivity index (χ0n) is 12.4. The number of hydrogen-bond acceptors (Lipinski definition) is 4. The molecule has 5 N–H and O–H groups in total. The number of nitrogens with zero attached hydrogens (tertiary/aromatic N) is 1. The van der Waals surface area contributed by atoms with E-state index in [0.717, 1.165) is 25.7 Å². The molecule has 0 aliphatic heterocycles. The summed E-state index contributed by atoms with van der Waals surface area (Å²) >= 11 is 0. The van der Waals surface area contributed by atoms with Crippen molar-refractivity contribution in [3.8, 4) is 0 Å². The van der Waals surface area contributed by atoms with Crippen LogP contribution in [-0.4, -0.2) is 30.5 Å². The highest BCUT2D eigenvalue weighted by Gasteiger charge is 2.40. The number of oxime groups is 1. The van der Waals surface area contributed by atoms with Crippen LogP contribution in [0.2, 0.25) is 0 Å². The predicted molar refractivity (Wildman–Crippen MR) is 78.8 cm³/mol. The third-order valence-electron chi connectivity index (χ3n) is 3.33. The van der Waals surface area contributed by atoms with Crippen LogP contribution in [0.5, 0.6) is 0 Å². The lowest BCUT2D eigenvalue weighted by molar-refractivity contribution is 0.305. The SMILES string of the molecule is CC(C)(C)NS(=O)(=O)NC1(C(N)=NO)CCCCCC1. The Balaban J connectivity index is 3.01. The normalized spacial score (nSPS) is 21.4. The van der Waals surface area contributed by atoms with Crippen LogP contribution in [0.1, 0.15) is 59.3 Å². The first-order chi connectivity index (χ1) is 9.10. The molecule has 1 fully saturated rings. The van der Waals surface area contributed by atoms with E-state index in [2.05, 4.69) is 14.6 Å². The molecule has 0 spiro atoms. The Morgan fingerprint density at radius 1 is 1.20 bits per heavy atom. The van der Waals surface area contributed by atoms with Gasteiger partial charge < -0.3 is 10.9 Å². The van der Waals surface area contributed by atoms with Gasteiger partial charge in [0.2, 0.25) is 0 Å². The van der Waals surface area contributed by atoms with Crippen LogP contribution in [-0.2, 0) is 10.2 Å². The number of rotatable bonds is 4. The molecule has 1 rings (SSSR count). The Morgan fingerprint density at radius 2 is 1.70 bits per heavy atom. The maximum absolute atomic E-state index is 12.2. The summed E-state index contributed by atoms with van der Waals surface area (Å²) in [6.07, 6.45) is 4.80. The summed E-state index contributed by atoms with van der Waals surface area (Å²) in [7, 11) is -3.74. The molecular weight excluding hydrogens is 280 g/mol. The monoisotopic (exact) mass is 306 g/mol. The van der Waals surface area contributed by atoms with Crippen molar-refractivity contribution in [2.45, 2.75) is 70.4 Å². The summed E-state index contributed by atoms with van der Waals surface area (Å²) in [4.78, 5) is 0. The summed E-state index contributed by atoms with van der Waals surface area (Å²) in [5, 5.41) is 12.0. The summed E-state index contributed by atoms with van der Waals surface area (Å²) in [5.41, 5.74) is 4.18. The quantitative estimate of drug-likeness (QED) is 0.204. The van der Waals surface area contributed by atoms with Gasteiger partial charge in [-0.15, -0.1) is 0 Å². The minimum atomic E-state index is -3.74. The minimum Gasteiger partial charge on any atom is -0.409 e. The molecule has 118 valence electrons. The third-order valence-corrected chi connectivity index (χ3v) is 4.87. The van der Waals surface area contributed by atoms with Crippen LogP contribution in [0.25, 0.3) is 0 Å². The molecule has 0 saturated heterocycles. The van der Waals surface area contributed by atoms with E-state index in [9.17, 15) is 8.42 Å². The van der Waals surface area contributed by atoms with Crippen molar-refractivity contribution in [3.63, 3.8) is 0 Å². The largest absolute Gasteiger partial charge is 0.409 e. The van der Waals surface area contributed by atoms with E-state index < -0.39 is 21.3 Å². The summed E-state index contributed by atoms with van der Waals surface area (Å²) in [5.74, 6) is -0.0707. The van der Waals surface area contributed by atoms with Crippen molar-refractivity contribution in [1.82, 2.24) is 9.44 Å². The Morgan fingerprint density at radius 3 is 2.10 bits per heavy atom. The van der Waals surface area contributed by atoms with Gasteiger partial charge in [0, 0.05) is 5.54 Å². The Kier molecular flexibility index (Phi) is 5.39. The van der Waals surface area contributed by atoms with Crippen LogP contribution in [0.15, 0.2) is 5.16 Å². The molecule has 0 aromatic rings. The van der Waals surface area contributed by atoms with Gasteiger partial charge in [-0.1, -0.05) is 30.8 Å². The molecular formula is C12H26N4O3S. The number of nitrogens with one attached hydrogen (secondary N) is 2. The number of hydrogen-bond donors (Lipinski definition) is 4. The highest BCUT2D eigenvalue weighted by atomic mass is 32.2. The second kappa shape index (κ2) is 6.28. The van der Waals surface area contributed by atoms with E-state index in [1.165, 1.54) is 0 Å². The summed E-state index contributed by atoms with van der Waals surface area (Å²) in [6, 6.07) is 0. The summed E-state index contributed by atoms with van der Waals surface area (Å²) in [6.45, 7) is 5.28. The Bertz CT molecular complexity index is 446. The zero-order chi connectivity index (χ0) is 15.4. The first-order valence-corrected chi connectivity index (χ1v) is 8.39. The Labute approximate surface area is 121 Å². The van der Waals surface area contributed by atoms with Gasteiger partial charge >= 0.3 is 0 Å². The fourth-order valence-electron chi connectivity index (χ4n) is 2.52.